The molecule has 1 aromatic heterocycles. The van der Waals surface area contributed by atoms with Crippen LogP contribution >= 0.6 is 11.8 Å². The molecule has 4 heteroatoms. The zero-order chi connectivity index (χ0) is 9.97. The van der Waals surface area contributed by atoms with Crippen LogP contribution in [-0.2, 0) is 7.05 Å². The summed E-state index contributed by atoms with van der Waals surface area (Å²) in [7, 11) is 1.99. The Bertz CT molecular complexity index is 300. The van der Waals surface area contributed by atoms with E-state index in [1.165, 1.54) is 12.8 Å². The Kier molecular flexibility index (Phi) is 3.13. The van der Waals surface area contributed by atoms with Gasteiger partial charge in [-0.15, -0.1) is 0 Å². The van der Waals surface area contributed by atoms with Crippen LogP contribution in [0.2, 0.25) is 0 Å². The van der Waals surface area contributed by atoms with Crippen molar-refractivity contribution in [1.29, 1.82) is 0 Å². The van der Waals surface area contributed by atoms with E-state index in [1.54, 1.807) is 18.0 Å². The van der Waals surface area contributed by atoms with Crippen LogP contribution in [0.3, 0.4) is 0 Å². The van der Waals surface area contributed by atoms with Gasteiger partial charge in [0.05, 0.1) is 6.10 Å². The van der Waals surface area contributed by atoms with Gasteiger partial charge in [-0.05, 0) is 12.8 Å². The summed E-state index contributed by atoms with van der Waals surface area (Å²) in [5.74, 6) is 0. The minimum absolute atomic E-state index is 0.148. The molecule has 14 heavy (non-hydrogen) atoms. The van der Waals surface area contributed by atoms with Gasteiger partial charge in [0.25, 0.3) is 0 Å². The van der Waals surface area contributed by atoms with Crippen LogP contribution in [-0.4, -0.2) is 26.0 Å². The highest BCUT2D eigenvalue weighted by molar-refractivity contribution is 7.99. The Balaban J connectivity index is 1.99. The number of nitrogens with zero attached hydrogens (tertiary/aromatic N) is 2. The highest BCUT2D eigenvalue weighted by atomic mass is 32.2. The van der Waals surface area contributed by atoms with Crippen LogP contribution in [0.1, 0.15) is 25.7 Å². The van der Waals surface area contributed by atoms with Gasteiger partial charge >= 0.3 is 0 Å². The van der Waals surface area contributed by atoms with Crippen LogP contribution in [0.5, 0.6) is 0 Å². The van der Waals surface area contributed by atoms with Gasteiger partial charge < -0.3 is 9.67 Å². The highest BCUT2D eigenvalue weighted by Crippen LogP contribution is 2.32. The van der Waals surface area contributed by atoms with Crippen molar-refractivity contribution in [1.82, 2.24) is 9.55 Å². The lowest BCUT2D eigenvalue weighted by Gasteiger charge is -2.26. The van der Waals surface area contributed by atoms with E-state index in [2.05, 4.69) is 4.98 Å². The number of aromatic nitrogens is 2. The van der Waals surface area contributed by atoms with Crippen LogP contribution in [0.4, 0.5) is 0 Å². The molecule has 0 aromatic carbocycles. The lowest BCUT2D eigenvalue weighted by molar-refractivity contribution is 0.137. The van der Waals surface area contributed by atoms with Crippen molar-refractivity contribution in [3.05, 3.63) is 12.4 Å². The number of hydrogen-bond donors (Lipinski definition) is 1. The lowest BCUT2D eigenvalue weighted by Crippen LogP contribution is -2.27. The molecule has 0 spiro atoms. The summed E-state index contributed by atoms with van der Waals surface area (Å²) in [5, 5.41) is 11.1. The van der Waals surface area contributed by atoms with E-state index < -0.39 is 0 Å². The van der Waals surface area contributed by atoms with E-state index >= 15 is 0 Å². The summed E-state index contributed by atoms with van der Waals surface area (Å²) in [5.41, 5.74) is 0. The number of hydrogen-bond acceptors (Lipinski definition) is 3. The zero-order valence-corrected chi connectivity index (χ0v) is 9.20. The second kappa shape index (κ2) is 4.36. The van der Waals surface area contributed by atoms with E-state index in [9.17, 15) is 5.11 Å². The summed E-state index contributed by atoms with van der Waals surface area (Å²) in [6, 6.07) is 0. The smallest absolute Gasteiger partial charge is 0.168 e. The van der Waals surface area contributed by atoms with Crippen molar-refractivity contribution in [3.8, 4) is 0 Å². The third kappa shape index (κ3) is 2.12. The molecule has 0 amide bonds. The van der Waals surface area contributed by atoms with Gasteiger partial charge in [-0.1, -0.05) is 24.6 Å². The number of aliphatic hydroxyl groups is 1. The Morgan fingerprint density at radius 3 is 2.93 bits per heavy atom. The first kappa shape index (κ1) is 10.1. The number of imidazole rings is 1. The molecule has 2 unspecified atom stereocenters. The molecule has 78 valence electrons. The van der Waals surface area contributed by atoms with Crippen molar-refractivity contribution in [2.75, 3.05) is 0 Å². The van der Waals surface area contributed by atoms with Gasteiger partial charge in [0.15, 0.2) is 5.16 Å². The monoisotopic (exact) mass is 212 g/mol. The van der Waals surface area contributed by atoms with E-state index in [0.29, 0.717) is 5.25 Å². The minimum atomic E-state index is -0.148. The summed E-state index contributed by atoms with van der Waals surface area (Å²) in [4.78, 5) is 4.26. The predicted octanol–water partition coefficient (Wildman–Crippen LogP) is 1.82. The van der Waals surface area contributed by atoms with Crippen molar-refractivity contribution in [2.45, 2.75) is 42.2 Å². The van der Waals surface area contributed by atoms with Gasteiger partial charge in [0.2, 0.25) is 0 Å². The maximum atomic E-state index is 9.80. The molecule has 1 heterocycles. The summed E-state index contributed by atoms with van der Waals surface area (Å²) in [6.45, 7) is 0. The first-order chi connectivity index (χ1) is 6.77. The molecule has 2 atom stereocenters. The standard InChI is InChI=1S/C10H16N2OS/c1-12-7-6-11-10(12)14-9-5-3-2-4-8(9)13/h6-9,13H,2-5H2,1H3. The van der Waals surface area contributed by atoms with Crippen molar-refractivity contribution < 1.29 is 5.11 Å². The molecule has 0 aliphatic heterocycles. The molecule has 1 aliphatic carbocycles. The van der Waals surface area contributed by atoms with Gasteiger partial charge in [0.1, 0.15) is 0 Å². The fourth-order valence-electron chi connectivity index (χ4n) is 1.82. The number of rotatable bonds is 2. The molecule has 0 radical (unpaired) electrons. The topological polar surface area (TPSA) is 38.0 Å². The van der Waals surface area contributed by atoms with Crippen LogP contribution in [0.25, 0.3) is 0 Å². The zero-order valence-electron chi connectivity index (χ0n) is 8.39. The van der Waals surface area contributed by atoms with Crippen molar-refractivity contribution in [2.24, 2.45) is 7.05 Å². The molecule has 1 aliphatic rings. The molecule has 0 bridgehead atoms. The fourth-order valence-corrected chi connectivity index (χ4v) is 3.01. The minimum Gasteiger partial charge on any atom is -0.392 e. The highest BCUT2D eigenvalue weighted by Gasteiger charge is 2.24. The number of aliphatic hydroxyl groups excluding tert-OH is 1. The lowest BCUT2D eigenvalue weighted by atomic mass is 9.97. The second-order valence-electron chi connectivity index (χ2n) is 3.83. The Morgan fingerprint density at radius 1 is 1.50 bits per heavy atom. The van der Waals surface area contributed by atoms with Gasteiger partial charge in [0, 0.05) is 24.7 Å². The van der Waals surface area contributed by atoms with Crippen molar-refractivity contribution in [3.63, 3.8) is 0 Å². The molecule has 2 rings (SSSR count). The molecule has 1 aromatic rings. The van der Waals surface area contributed by atoms with Crippen LogP contribution < -0.4 is 0 Å². The fraction of sp³-hybridized carbons (Fsp3) is 0.700. The van der Waals surface area contributed by atoms with E-state index in [-0.39, 0.29) is 6.10 Å². The maximum absolute atomic E-state index is 9.80. The summed E-state index contributed by atoms with van der Waals surface area (Å²) >= 11 is 1.71. The summed E-state index contributed by atoms with van der Waals surface area (Å²) < 4.78 is 2.01. The van der Waals surface area contributed by atoms with Crippen LogP contribution in [0.15, 0.2) is 17.6 Å². The summed E-state index contributed by atoms with van der Waals surface area (Å²) in [6.07, 6.45) is 8.05. The molecular formula is C10H16N2OS. The van der Waals surface area contributed by atoms with E-state index in [4.69, 9.17) is 0 Å². The molecular weight excluding hydrogens is 196 g/mol. The maximum Gasteiger partial charge on any atom is 0.168 e. The molecule has 1 fully saturated rings. The van der Waals surface area contributed by atoms with Crippen molar-refractivity contribution >= 4 is 11.8 Å². The Hall–Kier alpha value is -0.480. The molecule has 0 saturated heterocycles. The van der Waals surface area contributed by atoms with Crippen LogP contribution in [0, 0.1) is 0 Å². The molecule has 1 N–H and O–H groups in total. The largest absolute Gasteiger partial charge is 0.392 e. The Labute approximate surface area is 88.5 Å². The normalized spacial score (nSPS) is 27.9. The average Bonchev–Trinajstić information content (AvgIpc) is 2.56. The molecule has 1 saturated carbocycles. The van der Waals surface area contributed by atoms with Gasteiger partial charge in [-0.3, -0.25) is 0 Å². The average molecular weight is 212 g/mol. The second-order valence-corrected chi connectivity index (χ2v) is 5.04. The van der Waals surface area contributed by atoms with Gasteiger partial charge in [-0.2, -0.15) is 0 Å². The SMILES string of the molecule is Cn1ccnc1SC1CCCCC1O. The Morgan fingerprint density at radius 2 is 2.29 bits per heavy atom. The van der Waals surface area contributed by atoms with E-state index in [1.807, 2.05) is 17.8 Å². The molecule has 3 nitrogen and oxygen atoms in total. The first-order valence-corrected chi connectivity index (χ1v) is 5.97. The predicted molar refractivity (Wildman–Crippen MR) is 57.3 cm³/mol. The van der Waals surface area contributed by atoms with E-state index in [0.717, 1.165) is 18.0 Å². The first-order valence-electron chi connectivity index (χ1n) is 5.09. The quantitative estimate of drug-likeness (QED) is 0.812. The van der Waals surface area contributed by atoms with Gasteiger partial charge in [-0.25, -0.2) is 4.98 Å². The number of thioether (sulfide) groups is 1. The third-order valence-electron chi connectivity index (χ3n) is 2.70. The number of aryl methyl sites for hydroxylation is 1. The third-order valence-corrected chi connectivity index (χ3v) is 4.16.